The molecule has 0 aliphatic carbocycles. The van der Waals surface area contributed by atoms with E-state index in [0.717, 1.165) is 12.8 Å². The van der Waals surface area contributed by atoms with E-state index in [1.54, 1.807) is 12.1 Å². The van der Waals surface area contributed by atoms with Crippen LogP contribution in [0.3, 0.4) is 0 Å². The molecule has 2 N–H and O–H groups in total. The third kappa shape index (κ3) is 7.15. The predicted octanol–water partition coefficient (Wildman–Crippen LogP) is 3.37. The maximum atomic E-state index is 12.5. The van der Waals surface area contributed by atoms with Crippen molar-refractivity contribution in [2.45, 2.75) is 38.0 Å². The fourth-order valence-electron chi connectivity index (χ4n) is 2.61. The first-order chi connectivity index (χ1) is 12.9. The predicted molar refractivity (Wildman–Crippen MR) is 108 cm³/mol. The summed E-state index contributed by atoms with van der Waals surface area (Å²) in [5.41, 5.74) is 1.53. The van der Waals surface area contributed by atoms with Crippen LogP contribution in [0.15, 0.2) is 59.5 Å². The fraction of sp³-hybridized carbons (Fsp3) is 0.381. The molecule has 2 rings (SSSR count). The minimum atomic E-state index is -3.63. The molecule has 0 aromatic heterocycles. The molecule has 0 aliphatic rings. The second-order valence-corrected chi connectivity index (χ2v) is 8.72. The Balaban J connectivity index is 1.90. The number of carbonyl (C=O) groups excluding carboxylic acids is 1. The van der Waals surface area contributed by atoms with Gasteiger partial charge in [0.25, 0.3) is 5.91 Å². The summed E-state index contributed by atoms with van der Waals surface area (Å²) in [6.45, 7) is 5.10. The number of amides is 1. The van der Waals surface area contributed by atoms with Crippen LogP contribution in [0.5, 0.6) is 0 Å². The van der Waals surface area contributed by atoms with Gasteiger partial charge in [-0.3, -0.25) is 4.79 Å². The highest BCUT2D eigenvalue weighted by Crippen LogP contribution is 2.12. The highest BCUT2D eigenvalue weighted by Gasteiger charge is 2.15. The summed E-state index contributed by atoms with van der Waals surface area (Å²) < 4.78 is 27.6. The first-order valence-corrected chi connectivity index (χ1v) is 10.8. The molecule has 0 saturated carbocycles. The van der Waals surface area contributed by atoms with Gasteiger partial charge >= 0.3 is 0 Å². The molecule has 2 aromatic carbocycles. The summed E-state index contributed by atoms with van der Waals surface area (Å²) in [5.74, 6) is 0.244. The Kier molecular flexibility index (Phi) is 8.00. The average molecular weight is 389 g/mol. The van der Waals surface area contributed by atoms with Crippen LogP contribution in [0.4, 0.5) is 0 Å². The van der Waals surface area contributed by atoms with Gasteiger partial charge in [0, 0.05) is 18.7 Å². The highest BCUT2D eigenvalue weighted by molar-refractivity contribution is 7.89. The molecular weight excluding hydrogens is 360 g/mol. The molecule has 0 unspecified atom stereocenters. The molecule has 1 amide bonds. The van der Waals surface area contributed by atoms with Gasteiger partial charge in [0.05, 0.1) is 4.90 Å². The zero-order valence-electron chi connectivity index (χ0n) is 15.9. The second-order valence-electron chi connectivity index (χ2n) is 6.95. The average Bonchev–Trinajstić information content (AvgIpc) is 2.66. The summed E-state index contributed by atoms with van der Waals surface area (Å²) in [6.07, 6.45) is 2.40. The van der Waals surface area contributed by atoms with E-state index in [1.165, 1.54) is 17.7 Å². The molecule has 0 heterocycles. The van der Waals surface area contributed by atoms with E-state index in [-0.39, 0.29) is 10.8 Å². The number of aryl methyl sites for hydroxylation is 1. The standard InChI is InChI=1S/C21H28N2O3S/c1-17(2)13-15-22-21(24)19-11-6-12-20(16-19)27(25,26)23-14-7-10-18-8-4-3-5-9-18/h3-6,8-9,11-12,16-17,23H,7,10,13-15H2,1-2H3,(H,22,24). The van der Waals surface area contributed by atoms with Crippen molar-refractivity contribution in [3.05, 3.63) is 65.7 Å². The van der Waals surface area contributed by atoms with Gasteiger partial charge in [-0.25, -0.2) is 13.1 Å². The number of sulfonamides is 1. The molecule has 5 nitrogen and oxygen atoms in total. The second kappa shape index (κ2) is 10.2. The molecule has 27 heavy (non-hydrogen) atoms. The molecule has 0 radical (unpaired) electrons. The molecule has 0 fully saturated rings. The minimum absolute atomic E-state index is 0.110. The third-order valence-electron chi connectivity index (χ3n) is 4.19. The first kappa shape index (κ1) is 21.1. The molecule has 0 atom stereocenters. The van der Waals surface area contributed by atoms with Crippen LogP contribution >= 0.6 is 0 Å². The molecule has 2 aromatic rings. The van der Waals surface area contributed by atoms with Crippen molar-refractivity contribution in [1.29, 1.82) is 0 Å². The molecule has 0 aliphatic heterocycles. The Morgan fingerprint density at radius 3 is 2.44 bits per heavy atom. The third-order valence-corrected chi connectivity index (χ3v) is 5.65. The number of rotatable bonds is 10. The van der Waals surface area contributed by atoms with Gasteiger partial charge in [-0.1, -0.05) is 50.2 Å². The lowest BCUT2D eigenvalue weighted by molar-refractivity contribution is 0.0952. The maximum absolute atomic E-state index is 12.5. The van der Waals surface area contributed by atoms with E-state index in [0.29, 0.717) is 31.0 Å². The fourth-order valence-corrected chi connectivity index (χ4v) is 3.73. The van der Waals surface area contributed by atoms with Crippen molar-refractivity contribution in [3.8, 4) is 0 Å². The zero-order chi connectivity index (χ0) is 19.7. The first-order valence-electron chi connectivity index (χ1n) is 9.30. The molecule has 0 bridgehead atoms. The summed E-state index contributed by atoms with van der Waals surface area (Å²) in [7, 11) is -3.63. The number of carbonyl (C=O) groups is 1. The van der Waals surface area contributed by atoms with Crippen molar-refractivity contribution in [3.63, 3.8) is 0 Å². The summed E-state index contributed by atoms with van der Waals surface area (Å²) >= 11 is 0. The Labute approximate surface area is 162 Å². The molecular formula is C21H28N2O3S. The van der Waals surface area contributed by atoms with E-state index in [2.05, 4.69) is 23.9 Å². The molecule has 0 spiro atoms. The van der Waals surface area contributed by atoms with E-state index >= 15 is 0 Å². The van der Waals surface area contributed by atoms with E-state index < -0.39 is 10.0 Å². The van der Waals surface area contributed by atoms with E-state index in [4.69, 9.17) is 0 Å². The lowest BCUT2D eigenvalue weighted by Crippen LogP contribution is -2.27. The van der Waals surface area contributed by atoms with Crippen LogP contribution in [0.2, 0.25) is 0 Å². The SMILES string of the molecule is CC(C)CCNC(=O)c1cccc(S(=O)(=O)NCCCc2ccccc2)c1. The van der Waals surface area contributed by atoms with Gasteiger partial charge in [-0.15, -0.1) is 0 Å². The van der Waals surface area contributed by atoms with Crippen molar-refractivity contribution in [2.75, 3.05) is 13.1 Å². The Morgan fingerprint density at radius 1 is 1.00 bits per heavy atom. The Bertz CT molecular complexity index is 834. The van der Waals surface area contributed by atoms with Crippen LogP contribution in [0, 0.1) is 5.92 Å². The van der Waals surface area contributed by atoms with E-state index in [9.17, 15) is 13.2 Å². The summed E-state index contributed by atoms with van der Waals surface area (Å²) in [6, 6.07) is 16.1. The maximum Gasteiger partial charge on any atom is 0.251 e. The quantitative estimate of drug-likeness (QED) is 0.613. The van der Waals surface area contributed by atoms with Gasteiger partial charge < -0.3 is 5.32 Å². The van der Waals surface area contributed by atoms with Crippen LogP contribution in [0.1, 0.15) is 42.6 Å². The number of nitrogens with one attached hydrogen (secondary N) is 2. The van der Waals surface area contributed by atoms with Crippen molar-refractivity contribution >= 4 is 15.9 Å². The van der Waals surface area contributed by atoms with Gasteiger partial charge in [-0.2, -0.15) is 0 Å². The van der Waals surface area contributed by atoms with Crippen molar-refractivity contribution in [1.82, 2.24) is 10.0 Å². The minimum Gasteiger partial charge on any atom is -0.352 e. The van der Waals surface area contributed by atoms with Gasteiger partial charge in [0.15, 0.2) is 0 Å². The Morgan fingerprint density at radius 2 is 1.74 bits per heavy atom. The smallest absolute Gasteiger partial charge is 0.251 e. The summed E-state index contributed by atoms with van der Waals surface area (Å²) in [5, 5.41) is 2.83. The lowest BCUT2D eigenvalue weighted by Gasteiger charge is -2.10. The molecule has 0 saturated heterocycles. The molecule has 146 valence electrons. The largest absolute Gasteiger partial charge is 0.352 e. The van der Waals surface area contributed by atoms with Gasteiger partial charge in [0.2, 0.25) is 10.0 Å². The normalized spacial score (nSPS) is 11.5. The van der Waals surface area contributed by atoms with Crippen molar-refractivity contribution < 1.29 is 13.2 Å². The zero-order valence-corrected chi connectivity index (χ0v) is 16.8. The van der Waals surface area contributed by atoms with Crippen molar-refractivity contribution in [2.24, 2.45) is 5.92 Å². The van der Waals surface area contributed by atoms with E-state index in [1.807, 2.05) is 30.3 Å². The lowest BCUT2D eigenvalue weighted by atomic mass is 10.1. The highest BCUT2D eigenvalue weighted by atomic mass is 32.2. The molecule has 6 heteroatoms. The van der Waals surface area contributed by atoms with Crippen LogP contribution in [0.25, 0.3) is 0 Å². The van der Waals surface area contributed by atoms with Crippen LogP contribution in [-0.4, -0.2) is 27.4 Å². The summed E-state index contributed by atoms with van der Waals surface area (Å²) in [4.78, 5) is 12.3. The van der Waals surface area contributed by atoms with Crippen LogP contribution < -0.4 is 10.0 Å². The monoisotopic (exact) mass is 388 g/mol. The number of benzene rings is 2. The van der Waals surface area contributed by atoms with Crippen LogP contribution in [-0.2, 0) is 16.4 Å². The van der Waals surface area contributed by atoms with Gasteiger partial charge in [0.1, 0.15) is 0 Å². The number of hydrogen-bond donors (Lipinski definition) is 2. The van der Waals surface area contributed by atoms with Gasteiger partial charge in [-0.05, 0) is 48.9 Å². The number of hydrogen-bond acceptors (Lipinski definition) is 3. The topological polar surface area (TPSA) is 75.3 Å². The Hall–Kier alpha value is -2.18.